The van der Waals surface area contributed by atoms with Gasteiger partial charge in [-0.2, -0.15) is 0 Å². The molecule has 0 aliphatic carbocycles. The van der Waals surface area contributed by atoms with Gasteiger partial charge in [0.2, 0.25) is 0 Å². The molecular weight excluding hydrogens is 280 g/mol. The summed E-state index contributed by atoms with van der Waals surface area (Å²) in [4.78, 5) is 4.15. The lowest BCUT2D eigenvalue weighted by Gasteiger charge is -2.07. The lowest BCUT2D eigenvalue weighted by Crippen LogP contribution is -1.93. The predicted molar refractivity (Wildman–Crippen MR) is 96.1 cm³/mol. The van der Waals surface area contributed by atoms with Crippen molar-refractivity contribution in [1.29, 1.82) is 0 Å². The van der Waals surface area contributed by atoms with Crippen LogP contribution in [0.2, 0.25) is 0 Å². The number of nitrogens with zero attached hydrogens (tertiary/aromatic N) is 2. The van der Waals surface area contributed by atoms with E-state index in [4.69, 9.17) is 0 Å². The summed E-state index contributed by atoms with van der Waals surface area (Å²) in [5, 5.41) is 5.11. The third-order valence-electron chi connectivity index (χ3n) is 4.46. The van der Waals surface area contributed by atoms with Crippen LogP contribution in [0.5, 0.6) is 0 Å². The van der Waals surface area contributed by atoms with Crippen molar-refractivity contribution in [2.24, 2.45) is 0 Å². The van der Waals surface area contributed by atoms with Crippen LogP contribution in [0, 0.1) is 0 Å². The molecule has 2 aromatic heterocycles. The predicted octanol–water partition coefficient (Wildman–Crippen LogP) is 5.33. The Morgan fingerprint density at radius 1 is 0.609 bits per heavy atom. The minimum Gasteiger partial charge on any atom is -0.309 e. The summed E-state index contributed by atoms with van der Waals surface area (Å²) in [6.07, 6.45) is 3.69. The maximum absolute atomic E-state index is 4.15. The van der Waals surface area contributed by atoms with Gasteiger partial charge in [-0.05, 0) is 41.1 Å². The molecule has 0 radical (unpaired) electrons. The SMILES string of the molecule is c1ccc2cc3c(cc2c1)c1ccccc1n3-c1ccncc1. The van der Waals surface area contributed by atoms with E-state index in [2.05, 4.69) is 82.3 Å². The summed E-state index contributed by atoms with van der Waals surface area (Å²) in [7, 11) is 0. The van der Waals surface area contributed by atoms with Gasteiger partial charge in [-0.25, -0.2) is 0 Å². The van der Waals surface area contributed by atoms with Crippen LogP contribution in [0.15, 0.2) is 85.2 Å². The molecule has 23 heavy (non-hydrogen) atoms. The quantitative estimate of drug-likeness (QED) is 0.408. The first-order chi connectivity index (χ1) is 11.4. The zero-order valence-corrected chi connectivity index (χ0v) is 12.5. The molecule has 2 heterocycles. The van der Waals surface area contributed by atoms with Crippen LogP contribution in [0.25, 0.3) is 38.3 Å². The number of fused-ring (bicyclic) bond motifs is 4. The van der Waals surface area contributed by atoms with Crippen LogP contribution in [0.1, 0.15) is 0 Å². The molecule has 2 nitrogen and oxygen atoms in total. The topological polar surface area (TPSA) is 17.8 Å². The highest BCUT2D eigenvalue weighted by molar-refractivity contribution is 6.13. The Kier molecular flexibility index (Phi) is 2.53. The van der Waals surface area contributed by atoms with Gasteiger partial charge in [0.25, 0.3) is 0 Å². The molecule has 0 saturated carbocycles. The molecule has 0 unspecified atom stereocenters. The van der Waals surface area contributed by atoms with Gasteiger partial charge in [-0.3, -0.25) is 4.98 Å². The van der Waals surface area contributed by atoms with Gasteiger partial charge < -0.3 is 4.57 Å². The monoisotopic (exact) mass is 294 g/mol. The van der Waals surface area contributed by atoms with Gasteiger partial charge in [-0.15, -0.1) is 0 Å². The number of aromatic nitrogens is 2. The first-order valence-electron chi connectivity index (χ1n) is 7.74. The molecule has 0 aliphatic rings. The molecule has 0 N–H and O–H groups in total. The molecule has 0 aliphatic heterocycles. The average Bonchev–Trinajstić information content (AvgIpc) is 2.94. The third kappa shape index (κ3) is 1.78. The van der Waals surface area contributed by atoms with Crippen LogP contribution in [0.3, 0.4) is 0 Å². The van der Waals surface area contributed by atoms with Crippen LogP contribution in [-0.4, -0.2) is 9.55 Å². The summed E-state index contributed by atoms with van der Waals surface area (Å²) in [6.45, 7) is 0. The molecule has 0 fully saturated rings. The van der Waals surface area contributed by atoms with Crippen molar-refractivity contribution in [3.63, 3.8) is 0 Å². The Bertz CT molecular complexity index is 1150. The Morgan fingerprint density at radius 2 is 1.30 bits per heavy atom. The van der Waals surface area contributed by atoms with Gasteiger partial charge in [0.1, 0.15) is 0 Å². The number of rotatable bonds is 1. The van der Waals surface area contributed by atoms with E-state index < -0.39 is 0 Å². The Balaban J connectivity index is 2.03. The number of hydrogen-bond donors (Lipinski definition) is 0. The van der Waals surface area contributed by atoms with E-state index in [-0.39, 0.29) is 0 Å². The number of pyridine rings is 1. The molecule has 0 bridgehead atoms. The van der Waals surface area contributed by atoms with E-state index in [9.17, 15) is 0 Å². The van der Waals surface area contributed by atoms with Crippen molar-refractivity contribution in [1.82, 2.24) is 9.55 Å². The molecule has 108 valence electrons. The minimum atomic E-state index is 1.14. The fourth-order valence-corrected chi connectivity index (χ4v) is 3.43. The Morgan fingerprint density at radius 3 is 2.13 bits per heavy atom. The zero-order chi connectivity index (χ0) is 15.2. The number of benzene rings is 3. The normalized spacial score (nSPS) is 11.5. The van der Waals surface area contributed by atoms with Crippen LogP contribution in [-0.2, 0) is 0 Å². The molecule has 5 rings (SSSR count). The lowest BCUT2D eigenvalue weighted by atomic mass is 10.1. The maximum Gasteiger partial charge on any atom is 0.0547 e. The van der Waals surface area contributed by atoms with Crippen molar-refractivity contribution in [2.75, 3.05) is 0 Å². The van der Waals surface area contributed by atoms with Gasteiger partial charge in [0.15, 0.2) is 0 Å². The number of para-hydroxylation sites is 1. The van der Waals surface area contributed by atoms with Crippen molar-refractivity contribution < 1.29 is 0 Å². The highest BCUT2D eigenvalue weighted by Gasteiger charge is 2.12. The van der Waals surface area contributed by atoms with Crippen molar-refractivity contribution in [3.05, 3.63) is 85.2 Å². The van der Waals surface area contributed by atoms with Crippen molar-refractivity contribution in [2.45, 2.75) is 0 Å². The smallest absolute Gasteiger partial charge is 0.0547 e. The molecular formula is C21H14N2. The molecule has 0 atom stereocenters. The van der Waals surface area contributed by atoms with E-state index in [0.29, 0.717) is 0 Å². The second kappa shape index (κ2) is 4.68. The Labute approximate surface area is 133 Å². The highest BCUT2D eigenvalue weighted by Crippen LogP contribution is 2.34. The Hall–Kier alpha value is -3.13. The third-order valence-corrected chi connectivity index (χ3v) is 4.46. The summed E-state index contributed by atoms with van der Waals surface area (Å²) in [5.41, 5.74) is 3.60. The van der Waals surface area contributed by atoms with Gasteiger partial charge in [0, 0.05) is 28.9 Å². The summed E-state index contributed by atoms with van der Waals surface area (Å²) >= 11 is 0. The molecule has 3 aromatic carbocycles. The van der Waals surface area contributed by atoms with Gasteiger partial charge in [-0.1, -0.05) is 42.5 Å². The largest absolute Gasteiger partial charge is 0.309 e. The zero-order valence-electron chi connectivity index (χ0n) is 12.5. The van der Waals surface area contributed by atoms with Crippen LogP contribution < -0.4 is 0 Å². The molecule has 0 saturated heterocycles. The standard InChI is InChI=1S/C21H14N2/c1-2-6-16-14-21-19(13-15(16)5-1)18-7-3-4-8-20(18)23(21)17-9-11-22-12-10-17/h1-14H. The first-order valence-corrected chi connectivity index (χ1v) is 7.74. The molecule has 0 spiro atoms. The van der Waals surface area contributed by atoms with E-state index in [1.807, 2.05) is 12.4 Å². The van der Waals surface area contributed by atoms with Crippen LogP contribution in [0.4, 0.5) is 0 Å². The lowest BCUT2D eigenvalue weighted by molar-refractivity contribution is 1.16. The first kappa shape index (κ1) is 12.4. The van der Waals surface area contributed by atoms with Gasteiger partial charge >= 0.3 is 0 Å². The van der Waals surface area contributed by atoms with E-state index in [1.54, 1.807) is 0 Å². The van der Waals surface area contributed by atoms with Crippen molar-refractivity contribution in [3.8, 4) is 5.69 Å². The minimum absolute atomic E-state index is 1.14. The summed E-state index contributed by atoms with van der Waals surface area (Å²) in [5.74, 6) is 0. The maximum atomic E-state index is 4.15. The molecule has 2 heteroatoms. The molecule has 5 aromatic rings. The summed E-state index contributed by atoms with van der Waals surface area (Å²) < 4.78 is 2.32. The fraction of sp³-hybridized carbons (Fsp3) is 0. The second-order valence-corrected chi connectivity index (χ2v) is 5.77. The molecule has 0 amide bonds. The second-order valence-electron chi connectivity index (χ2n) is 5.77. The van der Waals surface area contributed by atoms with E-state index in [0.717, 1.165) is 5.69 Å². The van der Waals surface area contributed by atoms with Crippen molar-refractivity contribution >= 4 is 32.6 Å². The van der Waals surface area contributed by atoms with Gasteiger partial charge in [0.05, 0.1) is 11.0 Å². The fourth-order valence-electron chi connectivity index (χ4n) is 3.43. The van der Waals surface area contributed by atoms with E-state index >= 15 is 0 Å². The van der Waals surface area contributed by atoms with E-state index in [1.165, 1.54) is 32.6 Å². The highest BCUT2D eigenvalue weighted by atomic mass is 15.0. The van der Waals surface area contributed by atoms with Crippen LogP contribution >= 0.6 is 0 Å². The average molecular weight is 294 g/mol. The summed E-state index contributed by atoms with van der Waals surface area (Å²) in [6, 6.07) is 25.8. The number of hydrogen-bond acceptors (Lipinski definition) is 1.